The zero-order valence-electron chi connectivity index (χ0n) is 12.8. The van der Waals surface area contributed by atoms with Crippen molar-refractivity contribution in [1.82, 2.24) is 15.2 Å². The second-order valence-electron chi connectivity index (χ2n) is 5.79. The van der Waals surface area contributed by atoms with Crippen molar-refractivity contribution >= 4 is 0 Å². The van der Waals surface area contributed by atoms with Gasteiger partial charge in [-0.05, 0) is 42.7 Å². The molecule has 110 valence electrons. The highest BCUT2D eigenvalue weighted by atomic mass is 15.2. The third-order valence-electron chi connectivity index (χ3n) is 4.33. The van der Waals surface area contributed by atoms with Crippen molar-refractivity contribution in [3.8, 4) is 0 Å². The number of hydrogen-bond donors (Lipinski definition) is 1. The minimum atomic E-state index is 0.257. The van der Waals surface area contributed by atoms with E-state index in [1.54, 1.807) is 0 Å². The van der Waals surface area contributed by atoms with Gasteiger partial charge in [-0.25, -0.2) is 0 Å². The molecule has 0 aliphatic carbocycles. The molecule has 1 aliphatic heterocycles. The van der Waals surface area contributed by atoms with Gasteiger partial charge in [0.15, 0.2) is 0 Å². The number of aromatic nitrogens is 1. The normalized spacial score (nSPS) is 17.6. The number of benzene rings is 1. The van der Waals surface area contributed by atoms with Crippen LogP contribution < -0.4 is 5.32 Å². The maximum absolute atomic E-state index is 4.62. The van der Waals surface area contributed by atoms with E-state index in [4.69, 9.17) is 0 Å². The Balaban J connectivity index is 2.00. The number of rotatable bonds is 3. The van der Waals surface area contributed by atoms with Gasteiger partial charge in [0.25, 0.3) is 0 Å². The van der Waals surface area contributed by atoms with Gasteiger partial charge >= 0.3 is 0 Å². The number of nitrogens with zero attached hydrogens (tertiary/aromatic N) is 2. The molecule has 0 bridgehead atoms. The van der Waals surface area contributed by atoms with E-state index in [1.807, 2.05) is 12.3 Å². The summed E-state index contributed by atoms with van der Waals surface area (Å²) >= 11 is 0. The Morgan fingerprint density at radius 1 is 1.05 bits per heavy atom. The molecule has 1 aromatic heterocycles. The second-order valence-corrected chi connectivity index (χ2v) is 5.79. The third kappa shape index (κ3) is 3.14. The molecule has 0 saturated carbocycles. The van der Waals surface area contributed by atoms with E-state index >= 15 is 0 Å². The molecule has 1 atom stereocenters. The van der Waals surface area contributed by atoms with E-state index in [9.17, 15) is 0 Å². The summed E-state index contributed by atoms with van der Waals surface area (Å²) < 4.78 is 0. The highest BCUT2D eigenvalue weighted by molar-refractivity contribution is 5.35. The molecule has 1 aliphatic rings. The molecule has 3 nitrogen and oxygen atoms in total. The molecule has 1 fully saturated rings. The Morgan fingerprint density at radius 2 is 1.86 bits per heavy atom. The van der Waals surface area contributed by atoms with Gasteiger partial charge in [-0.3, -0.25) is 9.88 Å². The summed E-state index contributed by atoms with van der Waals surface area (Å²) in [6, 6.07) is 13.3. The average Bonchev–Trinajstić information content (AvgIpc) is 2.53. The first-order valence-corrected chi connectivity index (χ1v) is 7.68. The van der Waals surface area contributed by atoms with Crippen molar-refractivity contribution < 1.29 is 0 Å². The highest BCUT2D eigenvalue weighted by Gasteiger charge is 2.24. The van der Waals surface area contributed by atoms with Crippen LogP contribution in [0.25, 0.3) is 0 Å². The summed E-state index contributed by atoms with van der Waals surface area (Å²) in [6.45, 7) is 8.58. The third-order valence-corrected chi connectivity index (χ3v) is 4.33. The molecule has 1 N–H and O–H groups in total. The van der Waals surface area contributed by atoms with Crippen LogP contribution in [0.5, 0.6) is 0 Å². The summed E-state index contributed by atoms with van der Waals surface area (Å²) in [5.41, 5.74) is 5.18. The van der Waals surface area contributed by atoms with E-state index in [0.717, 1.165) is 31.9 Å². The Bertz CT molecular complexity index is 589. The van der Waals surface area contributed by atoms with Gasteiger partial charge in [-0.15, -0.1) is 0 Å². The number of pyridine rings is 1. The van der Waals surface area contributed by atoms with Crippen LogP contribution in [-0.2, 0) is 0 Å². The predicted molar refractivity (Wildman–Crippen MR) is 86.4 cm³/mol. The van der Waals surface area contributed by atoms with Crippen molar-refractivity contribution in [3.63, 3.8) is 0 Å². The molecule has 2 aromatic rings. The van der Waals surface area contributed by atoms with Gasteiger partial charge in [-0.2, -0.15) is 0 Å². The lowest BCUT2D eigenvalue weighted by Gasteiger charge is -2.35. The first-order chi connectivity index (χ1) is 10.3. The Hall–Kier alpha value is -1.71. The smallest absolute Gasteiger partial charge is 0.0777 e. The van der Waals surface area contributed by atoms with Crippen molar-refractivity contribution in [2.45, 2.75) is 19.9 Å². The van der Waals surface area contributed by atoms with Crippen molar-refractivity contribution in [2.24, 2.45) is 0 Å². The van der Waals surface area contributed by atoms with Crippen LogP contribution in [0, 0.1) is 13.8 Å². The molecule has 3 heteroatoms. The molecule has 3 rings (SSSR count). The molecule has 1 saturated heterocycles. The zero-order valence-corrected chi connectivity index (χ0v) is 12.8. The van der Waals surface area contributed by atoms with Gasteiger partial charge in [0.1, 0.15) is 0 Å². The standard InChI is InChI=1S/C18H23N3/c1-14-6-7-16(13-15(14)2)18(17-5-3-4-8-20-17)21-11-9-19-10-12-21/h3-8,13,18-19H,9-12H2,1-2H3. The summed E-state index contributed by atoms with van der Waals surface area (Å²) in [5.74, 6) is 0. The summed E-state index contributed by atoms with van der Waals surface area (Å²) in [5, 5.41) is 3.43. The molecular formula is C18H23N3. The van der Waals surface area contributed by atoms with E-state index in [1.165, 1.54) is 16.7 Å². The largest absolute Gasteiger partial charge is 0.314 e. The van der Waals surface area contributed by atoms with Crippen molar-refractivity contribution in [3.05, 3.63) is 65.0 Å². The van der Waals surface area contributed by atoms with Crippen LogP contribution >= 0.6 is 0 Å². The van der Waals surface area contributed by atoms with Crippen LogP contribution in [-0.4, -0.2) is 36.1 Å². The summed E-state index contributed by atoms with van der Waals surface area (Å²) in [7, 11) is 0. The maximum Gasteiger partial charge on any atom is 0.0777 e. The SMILES string of the molecule is Cc1ccc(C(c2ccccn2)N2CCNCC2)cc1C. The first kappa shape index (κ1) is 14.2. The molecule has 21 heavy (non-hydrogen) atoms. The van der Waals surface area contributed by atoms with Crippen LogP contribution in [0.2, 0.25) is 0 Å². The van der Waals surface area contributed by atoms with Gasteiger partial charge in [0, 0.05) is 32.4 Å². The quantitative estimate of drug-likeness (QED) is 0.937. The van der Waals surface area contributed by atoms with Crippen LogP contribution in [0.4, 0.5) is 0 Å². The Labute approximate surface area is 127 Å². The predicted octanol–water partition coefficient (Wildman–Crippen LogP) is 2.69. The number of nitrogens with one attached hydrogen (secondary N) is 1. The lowest BCUT2D eigenvalue weighted by molar-refractivity contribution is 0.195. The number of hydrogen-bond acceptors (Lipinski definition) is 3. The van der Waals surface area contributed by atoms with Gasteiger partial charge in [0.05, 0.1) is 11.7 Å². The van der Waals surface area contributed by atoms with Crippen molar-refractivity contribution in [2.75, 3.05) is 26.2 Å². The van der Waals surface area contributed by atoms with E-state index < -0.39 is 0 Å². The van der Waals surface area contributed by atoms with E-state index in [2.05, 4.69) is 59.4 Å². The topological polar surface area (TPSA) is 28.2 Å². The van der Waals surface area contributed by atoms with Gasteiger partial charge in [0.2, 0.25) is 0 Å². The fourth-order valence-corrected chi connectivity index (χ4v) is 2.98. The Kier molecular flexibility index (Phi) is 4.32. The highest BCUT2D eigenvalue weighted by Crippen LogP contribution is 2.28. The Morgan fingerprint density at radius 3 is 2.52 bits per heavy atom. The second kappa shape index (κ2) is 6.37. The maximum atomic E-state index is 4.62. The molecule has 0 amide bonds. The lowest BCUT2D eigenvalue weighted by Crippen LogP contribution is -2.45. The van der Waals surface area contributed by atoms with Crippen LogP contribution in [0.3, 0.4) is 0 Å². The average molecular weight is 281 g/mol. The molecule has 0 radical (unpaired) electrons. The minimum Gasteiger partial charge on any atom is -0.314 e. The van der Waals surface area contributed by atoms with E-state index in [-0.39, 0.29) is 6.04 Å². The first-order valence-electron chi connectivity index (χ1n) is 7.68. The fraction of sp³-hybridized carbons (Fsp3) is 0.389. The summed E-state index contributed by atoms with van der Waals surface area (Å²) in [6.07, 6.45) is 1.89. The number of aryl methyl sites for hydroxylation is 2. The van der Waals surface area contributed by atoms with Gasteiger partial charge < -0.3 is 5.32 Å². The zero-order chi connectivity index (χ0) is 14.7. The molecule has 1 aromatic carbocycles. The van der Waals surface area contributed by atoms with Gasteiger partial charge in [-0.1, -0.05) is 24.3 Å². The van der Waals surface area contributed by atoms with Crippen LogP contribution in [0.1, 0.15) is 28.4 Å². The summed E-state index contributed by atoms with van der Waals surface area (Å²) in [4.78, 5) is 7.15. The van der Waals surface area contributed by atoms with E-state index in [0.29, 0.717) is 0 Å². The molecule has 0 spiro atoms. The van der Waals surface area contributed by atoms with Crippen molar-refractivity contribution in [1.29, 1.82) is 0 Å². The monoisotopic (exact) mass is 281 g/mol. The van der Waals surface area contributed by atoms with Crippen LogP contribution in [0.15, 0.2) is 42.6 Å². The molecule has 1 unspecified atom stereocenters. The molecular weight excluding hydrogens is 258 g/mol. The lowest BCUT2D eigenvalue weighted by atomic mass is 9.97. The number of piperazine rings is 1. The minimum absolute atomic E-state index is 0.257. The molecule has 2 heterocycles. The fourth-order valence-electron chi connectivity index (χ4n) is 2.98.